The number of nitrogens with zero attached hydrogens (tertiary/aromatic N) is 1. The van der Waals surface area contributed by atoms with Crippen molar-refractivity contribution in [2.45, 2.75) is 39.5 Å². The standard InChI is InChI=1S/C9H15NO2/c1-3-8-4-5-9(10(11)12)7(2)6-8/h8H,3-6H2,1-2H3. The highest BCUT2D eigenvalue weighted by Crippen LogP contribution is 2.30. The topological polar surface area (TPSA) is 43.1 Å². The fourth-order valence-corrected chi connectivity index (χ4v) is 1.80. The third-order valence-corrected chi connectivity index (χ3v) is 2.67. The Morgan fingerprint density at radius 3 is 2.75 bits per heavy atom. The van der Waals surface area contributed by atoms with E-state index < -0.39 is 0 Å². The summed E-state index contributed by atoms with van der Waals surface area (Å²) in [6.45, 7) is 4.04. The molecule has 0 amide bonds. The Bertz CT molecular complexity index is 221. The quantitative estimate of drug-likeness (QED) is 0.471. The molecule has 1 aliphatic carbocycles. The van der Waals surface area contributed by atoms with Gasteiger partial charge in [0.05, 0.1) is 4.92 Å². The van der Waals surface area contributed by atoms with Crippen molar-refractivity contribution in [3.63, 3.8) is 0 Å². The molecule has 0 aromatic rings. The molecule has 0 saturated heterocycles. The summed E-state index contributed by atoms with van der Waals surface area (Å²) < 4.78 is 0. The normalized spacial score (nSPS) is 24.3. The molecule has 1 atom stereocenters. The van der Waals surface area contributed by atoms with Crippen LogP contribution in [0, 0.1) is 16.0 Å². The van der Waals surface area contributed by atoms with E-state index in [9.17, 15) is 10.1 Å². The number of nitro groups is 1. The second-order valence-corrected chi connectivity index (χ2v) is 3.50. The molecule has 0 fully saturated rings. The minimum absolute atomic E-state index is 0.221. The summed E-state index contributed by atoms with van der Waals surface area (Å²) in [5, 5.41) is 10.5. The van der Waals surface area contributed by atoms with Gasteiger partial charge in [0.25, 0.3) is 0 Å². The molecule has 0 aromatic carbocycles. The first-order valence-corrected chi connectivity index (χ1v) is 4.48. The Morgan fingerprint density at radius 2 is 2.33 bits per heavy atom. The molecule has 0 heterocycles. The maximum Gasteiger partial charge on any atom is 0.245 e. The zero-order chi connectivity index (χ0) is 9.14. The second kappa shape index (κ2) is 3.70. The zero-order valence-corrected chi connectivity index (χ0v) is 7.67. The lowest BCUT2D eigenvalue weighted by Crippen LogP contribution is -2.13. The number of hydrogen-bond acceptors (Lipinski definition) is 2. The van der Waals surface area contributed by atoms with E-state index >= 15 is 0 Å². The van der Waals surface area contributed by atoms with Gasteiger partial charge in [0, 0.05) is 12.0 Å². The SMILES string of the molecule is CCC1CCC([N+](=O)[O-])=C(C)C1. The summed E-state index contributed by atoms with van der Waals surface area (Å²) in [4.78, 5) is 10.3. The van der Waals surface area contributed by atoms with Crippen molar-refractivity contribution in [2.24, 2.45) is 5.92 Å². The van der Waals surface area contributed by atoms with Crippen molar-refractivity contribution >= 4 is 0 Å². The van der Waals surface area contributed by atoms with Crippen LogP contribution in [0.1, 0.15) is 39.5 Å². The highest BCUT2D eigenvalue weighted by Gasteiger charge is 2.24. The predicted octanol–water partition coefficient (Wildman–Crippen LogP) is 2.75. The molecule has 0 spiro atoms. The Hall–Kier alpha value is -0.860. The molecule has 3 nitrogen and oxygen atoms in total. The minimum Gasteiger partial charge on any atom is -0.259 e. The molecule has 1 rings (SSSR count). The van der Waals surface area contributed by atoms with Gasteiger partial charge >= 0.3 is 0 Å². The molecule has 0 aliphatic heterocycles. The molecule has 0 N–H and O–H groups in total. The summed E-state index contributed by atoms with van der Waals surface area (Å²) >= 11 is 0. The van der Waals surface area contributed by atoms with Gasteiger partial charge in [0.1, 0.15) is 0 Å². The van der Waals surface area contributed by atoms with Crippen molar-refractivity contribution in [3.8, 4) is 0 Å². The van der Waals surface area contributed by atoms with Crippen molar-refractivity contribution in [3.05, 3.63) is 21.4 Å². The molecule has 0 bridgehead atoms. The maximum absolute atomic E-state index is 10.5. The predicted molar refractivity (Wildman–Crippen MR) is 47.3 cm³/mol. The molecule has 0 saturated carbocycles. The van der Waals surface area contributed by atoms with Gasteiger partial charge in [-0.25, -0.2) is 0 Å². The van der Waals surface area contributed by atoms with Crippen LogP contribution in [0.5, 0.6) is 0 Å². The average Bonchev–Trinajstić information content (AvgIpc) is 2.03. The monoisotopic (exact) mass is 169 g/mol. The van der Waals surface area contributed by atoms with E-state index in [-0.39, 0.29) is 4.92 Å². The molecule has 0 radical (unpaired) electrons. The van der Waals surface area contributed by atoms with Gasteiger partial charge in [-0.05, 0) is 25.7 Å². The zero-order valence-electron chi connectivity index (χ0n) is 7.67. The van der Waals surface area contributed by atoms with E-state index in [1.807, 2.05) is 6.92 Å². The molecule has 0 aromatic heterocycles. The largest absolute Gasteiger partial charge is 0.259 e. The van der Waals surface area contributed by atoms with E-state index in [1.54, 1.807) is 0 Å². The van der Waals surface area contributed by atoms with Crippen molar-refractivity contribution in [2.75, 3.05) is 0 Å². The second-order valence-electron chi connectivity index (χ2n) is 3.50. The Balaban J connectivity index is 2.71. The molecule has 1 aliphatic rings. The van der Waals surface area contributed by atoms with Crippen LogP contribution in [0.15, 0.2) is 11.3 Å². The van der Waals surface area contributed by atoms with Crippen LogP contribution in [0.4, 0.5) is 0 Å². The van der Waals surface area contributed by atoms with Crippen LogP contribution in [0.2, 0.25) is 0 Å². The first-order valence-electron chi connectivity index (χ1n) is 4.48. The van der Waals surface area contributed by atoms with Crippen LogP contribution in [0.25, 0.3) is 0 Å². The molecular weight excluding hydrogens is 154 g/mol. The van der Waals surface area contributed by atoms with Crippen molar-refractivity contribution < 1.29 is 4.92 Å². The Kier molecular flexibility index (Phi) is 2.84. The van der Waals surface area contributed by atoms with E-state index in [4.69, 9.17) is 0 Å². The summed E-state index contributed by atoms with van der Waals surface area (Å²) in [6.07, 6.45) is 3.72. The maximum atomic E-state index is 10.5. The lowest BCUT2D eigenvalue weighted by atomic mass is 9.86. The first kappa shape index (κ1) is 9.23. The summed E-state index contributed by atoms with van der Waals surface area (Å²) in [5.74, 6) is 0.675. The lowest BCUT2D eigenvalue weighted by molar-refractivity contribution is -0.430. The number of allylic oxidation sites excluding steroid dienone is 2. The summed E-state index contributed by atoms with van der Waals surface area (Å²) in [6, 6.07) is 0. The first-order chi connectivity index (χ1) is 5.65. The molecule has 1 unspecified atom stereocenters. The fraction of sp³-hybridized carbons (Fsp3) is 0.778. The average molecular weight is 169 g/mol. The number of rotatable bonds is 2. The van der Waals surface area contributed by atoms with Crippen LogP contribution in [-0.2, 0) is 0 Å². The molecule has 68 valence electrons. The van der Waals surface area contributed by atoms with E-state index in [2.05, 4.69) is 6.92 Å². The van der Waals surface area contributed by atoms with Crippen molar-refractivity contribution in [1.29, 1.82) is 0 Å². The van der Waals surface area contributed by atoms with E-state index in [0.717, 1.165) is 24.8 Å². The van der Waals surface area contributed by atoms with Gasteiger partial charge in [-0.1, -0.05) is 13.3 Å². The van der Waals surface area contributed by atoms with Gasteiger partial charge in [-0.15, -0.1) is 0 Å². The lowest BCUT2D eigenvalue weighted by Gasteiger charge is -2.19. The third kappa shape index (κ3) is 1.84. The van der Waals surface area contributed by atoms with Crippen LogP contribution in [-0.4, -0.2) is 4.92 Å². The fourth-order valence-electron chi connectivity index (χ4n) is 1.80. The Labute approximate surface area is 72.6 Å². The summed E-state index contributed by atoms with van der Waals surface area (Å²) in [5.41, 5.74) is 1.44. The Morgan fingerprint density at radius 1 is 1.67 bits per heavy atom. The minimum atomic E-state index is -0.221. The van der Waals surface area contributed by atoms with Crippen molar-refractivity contribution in [1.82, 2.24) is 0 Å². The van der Waals surface area contributed by atoms with Crippen LogP contribution >= 0.6 is 0 Å². The highest BCUT2D eigenvalue weighted by molar-refractivity contribution is 5.09. The van der Waals surface area contributed by atoms with Gasteiger partial charge in [0.15, 0.2) is 0 Å². The highest BCUT2D eigenvalue weighted by atomic mass is 16.6. The summed E-state index contributed by atoms with van der Waals surface area (Å²) in [7, 11) is 0. The third-order valence-electron chi connectivity index (χ3n) is 2.67. The molecule has 3 heteroatoms. The van der Waals surface area contributed by atoms with E-state index in [0.29, 0.717) is 18.0 Å². The van der Waals surface area contributed by atoms with Crippen LogP contribution in [0.3, 0.4) is 0 Å². The van der Waals surface area contributed by atoms with Gasteiger partial charge in [-0.3, -0.25) is 10.1 Å². The van der Waals surface area contributed by atoms with Gasteiger partial charge in [-0.2, -0.15) is 0 Å². The molecular formula is C9H15NO2. The van der Waals surface area contributed by atoms with Gasteiger partial charge < -0.3 is 0 Å². The van der Waals surface area contributed by atoms with Crippen LogP contribution < -0.4 is 0 Å². The smallest absolute Gasteiger partial charge is 0.245 e. The van der Waals surface area contributed by atoms with E-state index in [1.165, 1.54) is 0 Å². The number of hydrogen-bond donors (Lipinski definition) is 0. The molecule has 12 heavy (non-hydrogen) atoms. The van der Waals surface area contributed by atoms with Gasteiger partial charge in [0.2, 0.25) is 5.70 Å².